The third kappa shape index (κ3) is 1.36. The fourth-order valence-electron chi connectivity index (χ4n) is 0.730. The average Bonchev–Trinajstić information content (AvgIpc) is 1.96. The van der Waals surface area contributed by atoms with Crippen molar-refractivity contribution in [2.75, 3.05) is 5.73 Å². The average molecular weight is 176 g/mol. The first-order valence-electron chi connectivity index (χ1n) is 3.02. The van der Waals surface area contributed by atoms with Gasteiger partial charge in [-0.1, -0.05) is 0 Å². The Morgan fingerprint density at radius 3 is 2.67 bits per heavy atom. The predicted molar refractivity (Wildman–Crippen MR) is 38.1 cm³/mol. The van der Waals surface area contributed by atoms with Crippen LogP contribution in [-0.4, -0.2) is 10.1 Å². The summed E-state index contributed by atoms with van der Waals surface area (Å²) < 4.78 is 24.1. The van der Waals surface area contributed by atoms with Gasteiger partial charge in [0.1, 0.15) is 5.82 Å². The maximum atomic E-state index is 12.0. The van der Waals surface area contributed by atoms with E-state index in [9.17, 15) is 13.6 Å². The first-order valence-corrected chi connectivity index (χ1v) is 3.02. The second-order valence-electron chi connectivity index (χ2n) is 2.15. The minimum absolute atomic E-state index is 0.423. The van der Waals surface area contributed by atoms with Gasteiger partial charge in [0.05, 0.1) is 5.56 Å². The number of alkyl halides is 2. The summed E-state index contributed by atoms with van der Waals surface area (Å²) in [6, 6.07) is 0.652. The van der Waals surface area contributed by atoms with Crippen molar-refractivity contribution in [1.29, 1.82) is 0 Å². The first kappa shape index (κ1) is 8.51. The number of nitrogens with one attached hydrogen (secondary N) is 1. The Morgan fingerprint density at radius 1 is 1.58 bits per heavy atom. The van der Waals surface area contributed by atoms with Crippen molar-refractivity contribution < 1.29 is 13.9 Å². The second kappa shape index (κ2) is 2.80. The first-order chi connectivity index (χ1) is 5.52. The van der Waals surface area contributed by atoms with Crippen LogP contribution in [0.5, 0.6) is 5.75 Å². The molecule has 0 aliphatic heterocycles. The number of nitrogens with two attached hydrogens (primary N) is 1. The normalized spacial score (nSPS) is 10.6. The van der Waals surface area contributed by atoms with Gasteiger partial charge in [0.2, 0.25) is 0 Å². The van der Waals surface area contributed by atoms with E-state index in [2.05, 4.69) is 0 Å². The molecule has 0 saturated carbocycles. The Labute approximate surface area is 65.6 Å². The van der Waals surface area contributed by atoms with Crippen LogP contribution in [0.2, 0.25) is 0 Å². The van der Waals surface area contributed by atoms with Crippen LogP contribution in [0.25, 0.3) is 0 Å². The molecule has 0 aliphatic rings. The summed E-state index contributed by atoms with van der Waals surface area (Å²) in [7, 11) is 0. The van der Waals surface area contributed by atoms with Crippen LogP contribution in [0, 0.1) is 0 Å². The summed E-state index contributed by atoms with van der Waals surface area (Å²) in [4.78, 5) is 12.5. The molecule has 0 amide bonds. The van der Waals surface area contributed by atoms with Gasteiger partial charge in [-0.3, -0.25) is 4.79 Å². The van der Waals surface area contributed by atoms with Gasteiger partial charge in [0.25, 0.3) is 12.0 Å². The monoisotopic (exact) mass is 176 g/mol. The number of rotatable bonds is 1. The van der Waals surface area contributed by atoms with Crippen LogP contribution < -0.4 is 11.3 Å². The van der Waals surface area contributed by atoms with Gasteiger partial charge in [0.15, 0.2) is 5.75 Å². The number of aromatic nitrogens is 1. The number of aromatic hydroxyl groups is 1. The summed E-state index contributed by atoms with van der Waals surface area (Å²) in [6.45, 7) is 0. The molecule has 4 N–H and O–H groups in total. The SMILES string of the molecule is Nc1[nH]c(=O)c(O)cc1C(F)F. The number of pyridine rings is 1. The van der Waals surface area contributed by atoms with Crippen molar-refractivity contribution in [1.82, 2.24) is 4.98 Å². The maximum Gasteiger partial charge on any atom is 0.291 e. The Balaban J connectivity index is 3.33. The molecule has 66 valence electrons. The molecule has 1 aromatic heterocycles. The van der Waals surface area contributed by atoms with E-state index in [0.717, 1.165) is 0 Å². The van der Waals surface area contributed by atoms with Gasteiger partial charge in [-0.25, -0.2) is 8.78 Å². The molecule has 0 aliphatic carbocycles. The van der Waals surface area contributed by atoms with Gasteiger partial charge in [-0.2, -0.15) is 0 Å². The molecule has 0 atom stereocenters. The number of H-pyrrole nitrogens is 1. The van der Waals surface area contributed by atoms with Crippen LogP contribution in [0.15, 0.2) is 10.9 Å². The zero-order valence-corrected chi connectivity index (χ0v) is 5.84. The van der Waals surface area contributed by atoms with Crippen LogP contribution in [0.4, 0.5) is 14.6 Å². The third-order valence-corrected chi connectivity index (χ3v) is 1.32. The zero-order chi connectivity index (χ0) is 9.30. The number of hydrogen-bond donors (Lipinski definition) is 3. The van der Waals surface area contributed by atoms with Gasteiger partial charge in [-0.05, 0) is 6.07 Å². The minimum atomic E-state index is -2.81. The summed E-state index contributed by atoms with van der Waals surface area (Å²) >= 11 is 0. The highest BCUT2D eigenvalue weighted by Gasteiger charge is 2.13. The van der Waals surface area contributed by atoms with E-state index < -0.39 is 29.1 Å². The quantitative estimate of drug-likeness (QED) is 0.586. The molecule has 0 saturated heterocycles. The molecule has 0 radical (unpaired) electrons. The van der Waals surface area contributed by atoms with Crippen molar-refractivity contribution in [2.45, 2.75) is 6.43 Å². The third-order valence-electron chi connectivity index (χ3n) is 1.32. The lowest BCUT2D eigenvalue weighted by Gasteiger charge is -2.03. The van der Waals surface area contributed by atoms with Crippen molar-refractivity contribution in [3.8, 4) is 5.75 Å². The number of nitrogen functional groups attached to an aromatic ring is 1. The molecule has 0 unspecified atom stereocenters. The van der Waals surface area contributed by atoms with Crippen molar-refractivity contribution in [3.63, 3.8) is 0 Å². The molecule has 0 aromatic carbocycles. The number of anilines is 1. The molecule has 0 fully saturated rings. The van der Waals surface area contributed by atoms with E-state index in [1.54, 1.807) is 0 Å². The number of hydrogen-bond acceptors (Lipinski definition) is 3. The van der Waals surface area contributed by atoms with E-state index in [-0.39, 0.29) is 0 Å². The smallest absolute Gasteiger partial charge is 0.291 e. The largest absolute Gasteiger partial charge is 0.503 e. The van der Waals surface area contributed by atoms with E-state index in [0.29, 0.717) is 6.07 Å². The van der Waals surface area contributed by atoms with Crippen molar-refractivity contribution in [3.05, 3.63) is 22.0 Å². The lowest BCUT2D eigenvalue weighted by atomic mass is 10.2. The van der Waals surface area contributed by atoms with E-state index >= 15 is 0 Å². The molecule has 0 bridgehead atoms. The van der Waals surface area contributed by atoms with Gasteiger partial charge in [0, 0.05) is 0 Å². The molecular formula is C6H6F2N2O2. The lowest BCUT2D eigenvalue weighted by molar-refractivity contribution is 0.151. The van der Waals surface area contributed by atoms with Crippen LogP contribution in [0.1, 0.15) is 12.0 Å². The van der Waals surface area contributed by atoms with Crippen LogP contribution in [0.3, 0.4) is 0 Å². The van der Waals surface area contributed by atoms with E-state index in [4.69, 9.17) is 10.8 Å². The summed E-state index contributed by atoms with van der Waals surface area (Å²) in [5, 5.41) is 8.74. The molecule has 1 heterocycles. The Morgan fingerprint density at radius 2 is 2.17 bits per heavy atom. The number of aromatic amines is 1. The molecule has 4 nitrogen and oxygen atoms in total. The highest BCUT2D eigenvalue weighted by Crippen LogP contribution is 2.24. The Bertz CT molecular complexity index is 348. The predicted octanol–water partition coefficient (Wildman–Crippen LogP) is 0.600. The minimum Gasteiger partial charge on any atom is -0.503 e. The van der Waals surface area contributed by atoms with E-state index in [1.807, 2.05) is 4.98 Å². The lowest BCUT2D eigenvalue weighted by Crippen LogP contribution is -2.10. The van der Waals surface area contributed by atoms with Gasteiger partial charge < -0.3 is 15.8 Å². The standard InChI is InChI=1S/C6H6F2N2O2/c7-4(8)2-1-3(11)6(12)10-5(2)9/h1,4,11H,(H3,9,10,12). The highest BCUT2D eigenvalue weighted by molar-refractivity contribution is 5.43. The van der Waals surface area contributed by atoms with Gasteiger partial charge in [-0.15, -0.1) is 0 Å². The summed E-state index contributed by atoms with van der Waals surface area (Å²) in [5.41, 5.74) is 3.59. The highest BCUT2D eigenvalue weighted by atomic mass is 19.3. The zero-order valence-electron chi connectivity index (χ0n) is 5.84. The number of halogens is 2. The Kier molecular flexibility index (Phi) is 1.99. The van der Waals surface area contributed by atoms with Gasteiger partial charge >= 0.3 is 0 Å². The van der Waals surface area contributed by atoms with Crippen LogP contribution in [-0.2, 0) is 0 Å². The molecule has 6 heteroatoms. The second-order valence-corrected chi connectivity index (χ2v) is 2.15. The maximum absolute atomic E-state index is 12.0. The molecular weight excluding hydrogens is 170 g/mol. The van der Waals surface area contributed by atoms with E-state index in [1.165, 1.54) is 0 Å². The van der Waals surface area contributed by atoms with Crippen molar-refractivity contribution in [2.24, 2.45) is 0 Å². The molecule has 12 heavy (non-hydrogen) atoms. The molecule has 1 rings (SSSR count). The Hall–Kier alpha value is -1.59. The topological polar surface area (TPSA) is 79.1 Å². The fraction of sp³-hybridized carbons (Fsp3) is 0.167. The fourth-order valence-corrected chi connectivity index (χ4v) is 0.730. The summed E-state index contributed by atoms with van der Waals surface area (Å²) in [6.07, 6.45) is -2.81. The van der Waals surface area contributed by atoms with Crippen molar-refractivity contribution >= 4 is 5.82 Å². The van der Waals surface area contributed by atoms with Crippen LogP contribution >= 0.6 is 0 Å². The molecule has 1 aromatic rings. The summed E-state index contributed by atoms with van der Waals surface area (Å²) in [5.74, 6) is -1.19. The molecule has 0 spiro atoms.